The van der Waals surface area contributed by atoms with Gasteiger partial charge in [0, 0.05) is 59.5 Å². The van der Waals surface area contributed by atoms with Crippen molar-refractivity contribution in [2.75, 3.05) is 12.4 Å². The van der Waals surface area contributed by atoms with E-state index in [1.54, 1.807) is 98.2 Å². The number of hydrogen-bond donors (Lipinski definition) is 3. The number of halogens is 3. The summed E-state index contributed by atoms with van der Waals surface area (Å²) in [6.07, 6.45) is 14.2. The normalized spacial score (nSPS) is 17.3. The molecule has 10 rings (SSSR count). The van der Waals surface area contributed by atoms with Crippen LogP contribution in [0, 0.1) is 5.92 Å². The summed E-state index contributed by atoms with van der Waals surface area (Å²) in [6.45, 7) is 7.80. The van der Waals surface area contributed by atoms with Crippen molar-refractivity contribution in [3.05, 3.63) is 149 Å². The lowest BCUT2D eigenvalue weighted by atomic mass is 9.88. The second-order valence-electron chi connectivity index (χ2n) is 19.7. The van der Waals surface area contributed by atoms with Gasteiger partial charge in [-0.05, 0) is 122 Å². The van der Waals surface area contributed by atoms with Crippen LogP contribution in [0.5, 0.6) is 0 Å². The summed E-state index contributed by atoms with van der Waals surface area (Å²) in [4.78, 5) is 29.8. The molecule has 78 heavy (non-hydrogen) atoms. The van der Waals surface area contributed by atoms with Gasteiger partial charge in [0.1, 0.15) is 5.60 Å². The number of amides is 1. The highest BCUT2D eigenvalue weighted by Crippen LogP contribution is 2.38. The molecule has 8 aromatic rings. The summed E-state index contributed by atoms with van der Waals surface area (Å²) in [6, 6.07) is 31.4. The third-order valence-electron chi connectivity index (χ3n) is 12.6. The van der Waals surface area contributed by atoms with E-state index >= 15 is 0 Å². The predicted molar refractivity (Wildman–Crippen MR) is 317 cm³/mol. The Balaban J connectivity index is 0.000000220. The van der Waals surface area contributed by atoms with Crippen LogP contribution in [-0.2, 0) is 24.8 Å². The van der Waals surface area contributed by atoms with E-state index in [1.165, 1.54) is 52.2 Å². The highest BCUT2D eigenvalue weighted by atomic mass is 35.5. The van der Waals surface area contributed by atoms with Crippen LogP contribution in [0.2, 0.25) is 15.3 Å². The molecule has 4 atom stereocenters. The molecule has 2 aliphatic carbocycles. The van der Waals surface area contributed by atoms with Gasteiger partial charge in [-0.25, -0.2) is 49.5 Å². The highest BCUT2D eigenvalue weighted by Gasteiger charge is 2.28. The van der Waals surface area contributed by atoms with E-state index in [-0.39, 0.29) is 39.6 Å². The zero-order chi connectivity index (χ0) is 55.5. The topological polar surface area (TPSA) is 218 Å². The molecular weight excluding hydrogens is 1110 g/mol. The van der Waals surface area contributed by atoms with Gasteiger partial charge in [0.05, 0.1) is 54.7 Å². The molecule has 414 valence electrons. The minimum atomic E-state index is -3.86. The van der Waals surface area contributed by atoms with Gasteiger partial charge >= 0.3 is 6.09 Å². The van der Waals surface area contributed by atoms with Crippen LogP contribution in [0.25, 0.3) is 44.3 Å². The lowest BCUT2D eigenvalue weighted by molar-refractivity contribution is 0.0491. The van der Waals surface area contributed by atoms with Crippen LogP contribution in [0.1, 0.15) is 86.5 Å². The SMILES string of the molecule is C.CC(C)(C)OC(=O)NC1CCC[C@@H](Nc2ncc(Cl)c(-c3cn(S(=O)(=O)c4ccccc4)c4ccccc34)n2)C1.CN=P.C[C@H]1CCC[C@@H](N)C1.O=S(=O)(c1ccccc1)n1cc(-c2nc(Cl)ncc2Cl)c2ccccc21. The first-order valence-electron chi connectivity index (χ1n) is 25.0. The van der Waals surface area contributed by atoms with Crippen molar-refractivity contribution in [3.63, 3.8) is 0 Å². The Hall–Kier alpha value is -5.98. The van der Waals surface area contributed by atoms with Gasteiger partial charge < -0.3 is 21.1 Å². The second kappa shape index (κ2) is 27.3. The van der Waals surface area contributed by atoms with E-state index in [0.29, 0.717) is 67.8 Å². The van der Waals surface area contributed by atoms with Crippen molar-refractivity contribution in [2.24, 2.45) is 16.4 Å². The molecule has 0 spiro atoms. The van der Waals surface area contributed by atoms with E-state index in [4.69, 9.17) is 50.3 Å². The minimum absolute atomic E-state index is 0. The standard InChI is InChI=1S/C29H32ClN5O4S.C18H11Cl2N3O2S.C7H15N.CH4NP.CH4/c1-29(2,3)39-28(36)33-20-11-9-10-19(16-20)32-27-31-17-24(30)26(34-27)23-18-35(25-15-8-7-14-22(23)25)40(37,38)21-12-5-4-6-13-21;19-15-10-21-18(20)22-17(15)14-11-23(16-9-5-4-8-13(14)16)26(24,25)12-6-2-1-3-7-12;1-6-3-2-4-7(8)5-6;1-2-3;/h4-8,12-15,17-20H,9-11,16H2,1-3H3,(H,33,36)(H,31,32,34);1-11H;6-7H,2-5,8H2,1H3;3H,1H3;1H4/t19-,20?;;6-,7+;;/m1.0../s1. The van der Waals surface area contributed by atoms with Crippen LogP contribution in [0.4, 0.5) is 10.7 Å². The number of nitrogens with two attached hydrogens (primary N) is 1. The highest BCUT2D eigenvalue weighted by molar-refractivity contribution is 7.90. The molecular formula is C56H66Cl3N10O6PS2. The Bertz CT molecular complexity index is 3540. The monoisotopic (exact) mass is 1170 g/mol. The number of nitrogens with one attached hydrogen (secondary N) is 2. The van der Waals surface area contributed by atoms with Crippen LogP contribution in [-0.4, -0.2) is 81.6 Å². The first-order valence-corrected chi connectivity index (χ1v) is 29.5. The van der Waals surface area contributed by atoms with Crippen LogP contribution in [0.3, 0.4) is 0 Å². The predicted octanol–water partition coefficient (Wildman–Crippen LogP) is 14.0. The molecule has 4 N–H and O–H groups in total. The quantitative estimate of drug-likeness (QED) is 0.0908. The Morgan fingerprint density at radius 2 is 1.15 bits per heavy atom. The van der Waals surface area contributed by atoms with Crippen LogP contribution < -0.4 is 16.4 Å². The number of carbonyl (C=O) groups excluding carboxylic acids is 1. The number of aromatic nitrogens is 6. The maximum Gasteiger partial charge on any atom is 0.407 e. The molecule has 4 aromatic heterocycles. The summed E-state index contributed by atoms with van der Waals surface area (Å²) >= 11 is 18.7. The van der Waals surface area contributed by atoms with Crippen molar-refractivity contribution >= 4 is 97.7 Å². The maximum atomic E-state index is 13.5. The van der Waals surface area contributed by atoms with E-state index in [9.17, 15) is 21.6 Å². The van der Waals surface area contributed by atoms with Crippen molar-refractivity contribution in [1.29, 1.82) is 0 Å². The summed E-state index contributed by atoms with van der Waals surface area (Å²) < 4.78 is 64.5. The largest absolute Gasteiger partial charge is 0.444 e. The molecule has 0 aliphatic heterocycles. The zero-order valence-corrected chi connectivity index (χ0v) is 48.2. The van der Waals surface area contributed by atoms with Gasteiger partial charge in [0.15, 0.2) is 0 Å². The Morgan fingerprint density at radius 1 is 0.692 bits per heavy atom. The fourth-order valence-corrected chi connectivity index (χ4v) is 12.5. The van der Waals surface area contributed by atoms with Crippen LogP contribution >= 0.6 is 43.8 Å². The number of rotatable bonds is 9. The molecule has 1 amide bonds. The fraction of sp³-hybridized carbons (Fsp3) is 0.339. The average Bonchev–Trinajstić information content (AvgIpc) is 4.13. The van der Waals surface area contributed by atoms with Crippen LogP contribution in [0.15, 0.2) is 149 Å². The van der Waals surface area contributed by atoms with Gasteiger partial charge in [-0.2, -0.15) is 0 Å². The van der Waals surface area contributed by atoms with Crippen molar-refractivity contribution in [1.82, 2.24) is 33.2 Å². The number of anilines is 1. The summed E-state index contributed by atoms with van der Waals surface area (Å²) in [7, 11) is -3.16. The molecule has 22 heteroatoms. The Labute approximate surface area is 474 Å². The maximum absolute atomic E-state index is 13.5. The first-order chi connectivity index (χ1) is 36.7. The molecule has 16 nitrogen and oxygen atoms in total. The molecule has 4 aromatic carbocycles. The number of alkyl carbamates (subject to hydrolysis) is 1. The lowest BCUT2D eigenvalue weighted by Gasteiger charge is -2.31. The molecule has 4 heterocycles. The molecule has 2 saturated carbocycles. The van der Waals surface area contributed by atoms with Crippen molar-refractivity contribution in [3.8, 4) is 22.5 Å². The van der Waals surface area contributed by atoms with Gasteiger partial charge in [-0.3, -0.25) is 4.74 Å². The number of fused-ring (bicyclic) bond motifs is 2. The molecule has 2 fully saturated rings. The number of ether oxygens (including phenoxy) is 1. The number of carbonyl (C=O) groups is 1. The molecule has 2 aliphatic rings. The van der Waals surface area contributed by atoms with E-state index < -0.39 is 31.7 Å². The second-order valence-corrected chi connectivity index (χ2v) is 24.9. The van der Waals surface area contributed by atoms with E-state index in [2.05, 4.69) is 46.3 Å². The van der Waals surface area contributed by atoms with Crippen molar-refractivity contribution < 1.29 is 26.4 Å². The smallest absolute Gasteiger partial charge is 0.407 e. The summed E-state index contributed by atoms with van der Waals surface area (Å²) in [5.74, 6) is 1.27. The van der Waals surface area contributed by atoms with Gasteiger partial charge in [0.2, 0.25) is 11.2 Å². The van der Waals surface area contributed by atoms with E-state index in [1.807, 2.05) is 45.0 Å². The number of nitrogens with zero attached hydrogens (tertiary/aromatic N) is 7. The minimum Gasteiger partial charge on any atom is -0.444 e. The molecule has 0 saturated heterocycles. The number of hydrogen-bond acceptors (Lipinski definition) is 13. The summed E-state index contributed by atoms with van der Waals surface area (Å²) in [5, 5.41) is 8.37. The van der Waals surface area contributed by atoms with E-state index in [0.717, 1.165) is 25.2 Å². The number of para-hydroxylation sites is 2. The third kappa shape index (κ3) is 15.4. The zero-order valence-electron chi connectivity index (χ0n) is 43.3. The van der Waals surface area contributed by atoms with Gasteiger partial charge in [-0.1, -0.05) is 123 Å². The third-order valence-corrected chi connectivity index (χ3v) is 16.7. The fourth-order valence-electron chi connectivity index (χ4n) is 9.24. The van der Waals surface area contributed by atoms with Gasteiger partial charge in [-0.15, -0.1) is 0 Å². The Morgan fingerprint density at radius 3 is 1.64 bits per heavy atom. The van der Waals surface area contributed by atoms with Gasteiger partial charge in [0.25, 0.3) is 20.0 Å². The first kappa shape index (κ1) is 61.2. The lowest BCUT2D eigenvalue weighted by Crippen LogP contribution is -2.44. The number of benzene rings is 4. The van der Waals surface area contributed by atoms with Crippen molar-refractivity contribution in [2.45, 2.75) is 120 Å². The molecule has 0 bridgehead atoms. The molecule has 1 unspecified atom stereocenters. The average molecular weight is 1180 g/mol. The molecule has 0 radical (unpaired) electrons. The summed E-state index contributed by atoms with van der Waals surface area (Å²) in [5.41, 5.74) is 8.16. The Kier molecular flexibility index (Phi) is 21.4.